The van der Waals surface area contributed by atoms with Crippen LogP contribution in [-0.4, -0.2) is 54.0 Å². The average molecular weight is 600 g/mol. The van der Waals surface area contributed by atoms with Gasteiger partial charge in [-0.05, 0) is 29.0 Å². The van der Waals surface area contributed by atoms with Crippen molar-refractivity contribution >= 4 is 58.4 Å². The summed E-state index contributed by atoms with van der Waals surface area (Å²) in [5, 5.41) is 12.4. The van der Waals surface area contributed by atoms with Crippen LogP contribution in [0.2, 0.25) is 0 Å². The highest BCUT2D eigenvalue weighted by Gasteiger charge is 2.64. The van der Waals surface area contributed by atoms with E-state index >= 15 is 0 Å². The Morgan fingerprint density at radius 2 is 1.76 bits per heavy atom. The maximum absolute atomic E-state index is 12.3. The van der Waals surface area contributed by atoms with E-state index in [9.17, 15) is 24.5 Å². The number of carbonyl (C=O) groups excluding carboxylic acids is 3. The molecule has 1 fully saturated rings. The topological polar surface area (TPSA) is 138 Å². The zero-order chi connectivity index (χ0) is 29.4. The first kappa shape index (κ1) is 28.4. The van der Waals surface area contributed by atoms with Crippen molar-refractivity contribution in [2.75, 3.05) is 11.5 Å². The lowest BCUT2D eigenvalue weighted by molar-refractivity contribution is -0.736. The van der Waals surface area contributed by atoms with Crippen molar-refractivity contribution in [3.63, 3.8) is 0 Å². The van der Waals surface area contributed by atoms with Crippen molar-refractivity contribution < 1.29 is 42.8 Å². The number of ether oxygens (including phenoxy) is 4. The molecule has 5 rings (SSSR count). The molecule has 1 aromatic heterocycles. The molecule has 214 valence electrons. The van der Waals surface area contributed by atoms with E-state index in [1.54, 1.807) is 12.1 Å². The molecule has 2 aromatic carbocycles. The molecular formula is C27H25N3O9S2. The smallest absolute Gasteiger partial charge is 0.343 e. The van der Waals surface area contributed by atoms with Gasteiger partial charge in [0.2, 0.25) is 12.3 Å². The lowest BCUT2D eigenvalue weighted by Crippen LogP contribution is -2.51. The molecule has 0 radical (unpaired) electrons. The standard InChI is InChI=1S/C27H25N3O9S2/c1-14(31)36-13-20(37-15(2)32)22-23(38-16(3)33)21-25(39-22)28(18-9-11-19(12-10-18)30(34)35)27-29(21)26(40)24(41-27)17-7-5-4-6-8-17/h4-12,20-23,25H,13H2,1-3H3/t20-,21-,22-,23-,25+/m1/s1. The van der Waals surface area contributed by atoms with Gasteiger partial charge in [0, 0.05) is 37.9 Å². The van der Waals surface area contributed by atoms with Gasteiger partial charge < -0.3 is 31.6 Å². The van der Waals surface area contributed by atoms with Crippen molar-refractivity contribution in [1.29, 1.82) is 0 Å². The fourth-order valence-corrected chi connectivity index (χ4v) is 6.83. The van der Waals surface area contributed by atoms with Crippen molar-refractivity contribution in [3.05, 3.63) is 64.7 Å². The molecule has 0 saturated carbocycles. The third-order valence-corrected chi connectivity index (χ3v) is 8.37. The Kier molecular flexibility index (Phi) is 7.89. The van der Waals surface area contributed by atoms with E-state index in [4.69, 9.17) is 31.6 Å². The third-order valence-electron chi connectivity index (χ3n) is 6.63. The molecule has 0 N–H and O–H groups in total. The van der Waals surface area contributed by atoms with Crippen LogP contribution in [0.15, 0.2) is 59.6 Å². The number of fused-ring (bicyclic) bond motifs is 3. The number of nitro benzene ring substituents is 1. The third kappa shape index (κ3) is 5.45. The van der Waals surface area contributed by atoms with Crippen LogP contribution in [0.25, 0.3) is 10.4 Å². The number of anilines is 2. The zero-order valence-electron chi connectivity index (χ0n) is 22.1. The maximum atomic E-state index is 12.3. The predicted octanol–water partition coefficient (Wildman–Crippen LogP) is 3.36. The molecule has 1 saturated heterocycles. The normalized spacial score (nSPS) is 21.5. The van der Waals surface area contributed by atoms with Gasteiger partial charge in [0.15, 0.2) is 12.2 Å². The Hall–Kier alpha value is -4.14. The van der Waals surface area contributed by atoms with E-state index in [0.717, 1.165) is 10.4 Å². The average Bonchev–Trinajstić information content (AvgIpc) is 3.54. The van der Waals surface area contributed by atoms with E-state index in [2.05, 4.69) is 0 Å². The Balaban J connectivity index is 1.65. The molecular weight excluding hydrogens is 574 g/mol. The number of hydrogen-bond donors (Lipinski definition) is 0. The minimum Gasteiger partial charge on any atom is -0.736 e. The molecule has 41 heavy (non-hydrogen) atoms. The number of esters is 3. The monoisotopic (exact) mass is 599 g/mol. The first-order valence-electron chi connectivity index (χ1n) is 12.5. The summed E-state index contributed by atoms with van der Waals surface area (Å²) in [7, 11) is 0. The lowest BCUT2D eigenvalue weighted by Gasteiger charge is -2.27. The van der Waals surface area contributed by atoms with E-state index in [1.165, 1.54) is 44.2 Å². The Bertz CT molecular complexity index is 1500. The van der Waals surface area contributed by atoms with Crippen LogP contribution in [0.5, 0.6) is 0 Å². The van der Waals surface area contributed by atoms with Crippen molar-refractivity contribution in [1.82, 2.24) is 0 Å². The zero-order valence-corrected chi connectivity index (χ0v) is 23.8. The highest BCUT2D eigenvalue weighted by Crippen LogP contribution is 2.49. The van der Waals surface area contributed by atoms with Crippen molar-refractivity contribution in [2.45, 2.75) is 56.4 Å². The summed E-state index contributed by atoms with van der Waals surface area (Å²) in [5.41, 5.74) is 1.37. The minimum absolute atomic E-state index is 0.0863. The van der Waals surface area contributed by atoms with Gasteiger partial charge in [-0.25, -0.2) is 4.57 Å². The number of non-ortho nitro benzene ring substituents is 1. The Labute approximate surface area is 243 Å². The van der Waals surface area contributed by atoms with Crippen LogP contribution in [0.4, 0.5) is 16.5 Å². The SMILES string of the molecule is CC(=O)OC[C@@H](OC(C)=O)[C@H]1O[C@H]2[C@@H]([C@H]1OC(C)=O)[n+]1c(sc(-c3ccccc3)c1[S-])N2c1ccc([N+](=O)[O-])cc1. The molecule has 3 aromatic rings. The molecule has 0 aliphatic carbocycles. The van der Waals surface area contributed by atoms with Crippen LogP contribution in [0.3, 0.4) is 0 Å². The van der Waals surface area contributed by atoms with Crippen molar-refractivity contribution in [2.24, 2.45) is 0 Å². The Morgan fingerprint density at radius 3 is 2.34 bits per heavy atom. The number of benzene rings is 2. The molecule has 14 heteroatoms. The quantitative estimate of drug-likeness (QED) is 0.0941. The van der Waals surface area contributed by atoms with Crippen LogP contribution in [0.1, 0.15) is 26.8 Å². The van der Waals surface area contributed by atoms with Gasteiger partial charge in [0.1, 0.15) is 18.4 Å². The molecule has 2 aliphatic rings. The highest BCUT2D eigenvalue weighted by atomic mass is 32.1. The highest BCUT2D eigenvalue weighted by molar-refractivity contribution is 7.59. The van der Waals surface area contributed by atoms with Gasteiger partial charge in [-0.2, -0.15) is 4.90 Å². The van der Waals surface area contributed by atoms with Crippen LogP contribution < -0.4 is 9.47 Å². The second kappa shape index (κ2) is 11.4. The van der Waals surface area contributed by atoms with Crippen LogP contribution in [-0.2, 0) is 46.0 Å². The summed E-state index contributed by atoms with van der Waals surface area (Å²) in [4.78, 5) is 49.4. The van der Waals surface area contributed by atoms with Gasteiger partial charge in [0.05, 0.1) is 9.80 Å². The summed E-state index contributed by atoms with van der Waals surface area (Å²) < 4.78 is 24.7. The molecule has 0 amide bonds. The largest absolute Gasteiger partial charge is 0.736 e. The van der Waals surface area contributed by atoms with Gasteiger partial charge in [-0.3, -0.25) is 24.5 Å². The second-order valence-corrected chi connectivity index (χ2v) is 10.8. The molecule has 3 heterocycles. The fourth-order valence-electron chi connectivity index (χ4n) is 5.08. The number of hydrogen-bond acceptors (Lipinski definition) is 12. The first-order valence-corrected chi connectivity index (χ1v) is 13.8. The molecule has 12 nitrogen and oxygen atoms in total. The second-order valence-electron chi connectivity index (χ2n) is 9.40. The molecule has 0 bridgehead atoms. The van der Waals surface area contributed by atoms with Gasteiger partial charge in [-0.1, -0.05) is 30.3 Å². The van der Waals surface area contributed by atoms with E-state index < -0.39 is 53.4 Å². The molecule has 0 unspecified atom stereocenters. The fraction of sp³-hybridized carbons (Fsp3) is 0.333. The number of aromatic nitrogens is 1. The summed E-state index contributed by atoms with van der Waals surface area (Å²) in [6, 6.07) is 14.8. The van der Waals surface area contributed by atoms with Gasteiger partial charge in [-0.15, -0.1) is 0 Å². The minimum atomic E-state index is -1.10. The summed E-state index contributed by atoms with van der Waals surface area (Å²) in [5.74, 6) is -1.83. The number of rotatable bonds is 8. The number of carbonyl (C=O) groups is 3. The van der Waals surface area contributed by atoms with Gasteiger partial charge >= 0.3 is 23.0 Å². The molecule has 5 atom stereocenters. The molecule has 2 aliphatic heterocycles. The van der Waals surface area contributed by atoms with E-state index in [1.807, 2.05) is 39.8 Å². The summed E-state index contributed by atoms with van der Waals surface area (Å²) in [6.45, 7) is 3.35. The summed E-state index contributed by atoms with van der Waals surface area (Å²) >= 11 is 7.35. The van der Waals surface area contributed by atoms with E-state index in [-0.39, 0.29) is 12.3 Å². The van der Waals surface area contributed by atoms with E-state index in [0.29, 0.717) is 15.8 Å². The number of nitro groups is 1. The van der Waals surface area contributed by atoms with Crippen LogP contribution >= 0.6 is 11.3 Å². The maximum Gasteiger partial charge on any atom is 0.343 e. The lowest BCUT2D eigenvalue weighted by atomic mass is 10.0. The molecule has 0 spiro atoms. The Morgan fingerprint density at radius 1 is 1.07 bits per heavy atom. The van der Waals surface area contributed by atoms with Crippen molar-refractivity contribution in [3.8, 4) is 10.4 Å². The number of nitrogens with zero attached hydrogens (tertiary/aromatic N) is 3. The van der Waals surface area contributed by atoms with Crippen LogP contribution in [0, 0.1) is 10.1 Å². The number of thiazole rings is 1. The first-order chi connectivity index (χ1) is 19.6. The van der Waals surface area contributed by atoms with Gasteiger partial charge in [0.25, 0.3) is 5.69 Å². The predicted molar refractivity (Wildman–Crippen MR) is 146 cm³/mol. The summed E-state index contributed by atoms with van der Waals surface area (Å²) in [6.07, 6.45) is -3.94.